The molecule has 17 heavy (non-hydrogen) atoms. The molecule has 0 aliphatic heterocycles. The number of esters is 1. The molecule has 0 aliphatic carbocycles. The SMILES string of the molecule is COC(=O)CN(C)Cc1ccc(OC)c(F)c1. The number of halogens is 1. The first-order valence-electron chi connectivity index (χ1n) is 5.14. The first kappa shape index (κ1) is 13.4. The zero-order valence-corrected chi connectivity index (χ0v) is 10.2. The van der Waals surface area contributed by atoms with Gasteiger partial charge in [-0.05, 0) is 24.7 Å². The Morgan fingerprint density at radius 1 is 1.41 bits per heavy atom. The lowest BCUT2D eigenvalue weighted by Crippen LogP contribution is -2.26. The van der Waals surface area contributed by atoms with Crippen molar-refractivity contribution in [1.29, 1.82) is 0 Å². The van der Waals surface area contributed by atoms with Crippen molar-refractivity contribution in [3.8, 4) is 5.75 Å². The van der Waals surface area contributed by atoms with Crippen molar-refractivity contribution in [2.24, 2.45) is 0 Å². The van der Waals surface area contributed by atoms with Crippen LogP contribution in [0.1, 0.15) is 5.56 Å². The van der Waals surface area contributed by atoms with Gasteiger partial charge < -0.3 is 9.47 Å². The lowest BCUT2D eigenvalue weighted by atomic mass is 10.2. The summed E-state index contributed by atoms with van der Waals surface area (Å²) >= 11 is 0. The van der Waals surface area contributed by atoms with Crippen LogP contribution in [-0.4, -0.2) is 38.7 Å². The van der Waals surface area contributed by atoms with Crippen molar-refractivity contribution in [1.82, 2.24) is 4.90 Å². The predicted octanol–water partition coefficient (Wildman–Crippen LogP) is 1.44. The highest BCUT2D eigenvalue weighted by Gasteiger charge is 2.09. The number of carbonyl (C=O) groups excluding carboxylic acids is 1. The molecule has 4 nitrogen and oxygen atoms in total. The molecule has 1 aromatic carbocycles. The minimum absolute atomic E-state index is 0.171. The summed E-state index contributed by atoms with van der Waals surface area (Å²) in [4.78, 5) is 12.8. The normalized spacial score (nSPS) is 10.4. The number of rotatable bonds is 5. The molecule has 0 radical (unpaired) electrons. The molecule has 0 atom stereocenters. The van der Waals surface area contributed by atoms with Gasteiger partial charge >= 0.3 is 5.97 Å². The maximum absolute atomic E-state index is 13.4. The number of hydrogen-bond donors (Lipinski definition) is 0. The Balaban J connectivity index is 2.62. The maximum atomic E-state index is 13.4. The number of benzene rings is 1. The highest BCUT2D eigenvalue weighted by atomic mass is 19.1. The molecule has 0 heterocycles. The van der Waals surface area contributed by atoms with Crippen LogP contribution < -0.4 is 4.74 Å². The van der Waals surface area contributed by atoms with Gasteiger partial charge in [0.05, 0.1) is 20.8 Å². The van der Waals surface area contributed by atoms with Gasteiger partial charge in [0.15, 0.2) is 11.6 Å². The summed E-state index contributed by atoms with van der Waals surface area (Å²) in [5.74, 6) is -0.512. The second-order valence-corrected chi connectivity index (χ2v) is 3.72. The first-order valence-corrected chi connectivity index (χ1v) is 5.14. The van der Waals surface area contributed by atoms with Crippen molar-refractivity contribution in [3.63, 3.8) is 0 Å². The predicted molar refractivity (Wildman–Crippen MR) is 61.3 cm³/mol. The van der Waals surface area contributed by atoms with Gasteiger partial charge in [-0.15, -0.1) is 0 Å². The van der Waals surface area contributed by atoms with Gasteiger partial charge in [0, 0.05) is 6.54 Å². The zero-order valence-electron chi connectivity index (χ0n) is 10.2. The molecule has 5 heteroatoms. The molecule has 94 valence electrons. The molecule has 0 amide bonds. The Kier molecular flexibility index (Phi) is 4.90. The van der Waals surface area contributed by atoms with Crippen molar-refractivity contribution in [2.45, 2.75) is 6.54 Å². The zero-order chi connectivity index (χ0) is 12.8. The van der Waals surface area contributed by atoms with E-state index in [2.05, 4.69) is 4.74 Å². The van der Waals surface area contributed by atoms with E-state index in [1.54, 1.807) is 24.1 Å². The maximum Gasteiger partial charge on any atom is 0.319 e. The quantitative estimate of drug-likeness (QED) is 0.731. The molecule has 0 bridgehead atoms. The van der Waals surface area contributed by atoms with Crippen molar-refractivity contribution >= 4 is 5.97 Å². The third-order valence-electron chi connectivity index (χ3n) is 2.30. The van der Waals surface area contributed by atoms with Crippen molar-refractivity contribution in [2.75, 3.05) is 27.8 Å². The Morgan fingerprint density at radius 3 is 2.65 bits per heavy atom. The summed E-state index contributed by atoms with van der Waals surface area (Å²) in [6.45, 7) is 0.639. The van der Waals surface area contributed by atoms with E-state index in [1.807, 2.05) is 0 Å². The second-order valence-electron chi connectivity index (χ2n) is 3.72. The molecule has 1 rings (SSSR count). The van der Waals surface area contributed by atoms with Gasteiger partial charge in [0.25, 0.3) is 0 Å². The van der Waals surface area contributed by atoms with Crippen LogP contribution in [0, 0.1) is 5.82 Å². The molecule has 0 unspecified atom stereocenters. The first-order chi connectivity index (χ1) is 8.06. The third kappa shape index (κ3) is 4.03. The van der Waals surface area contributed by atoms with Crippen LogP contribution in [0.15, 0.2) is 18.2 Å². The van der Waals surface area contributed by atoms with Gasteiger partial charge in [-0.25, -0.2) is 4.39 Å². The average Bonchev–Trinajstić information content (AvgIpc) is 2.29. The number of hydrogen-bond acceptors (Lipinski definition) is 4. The number of likely N-dealkylation sites (N-methyl/N-ethyl adjacent to an activating group) is 1. The molecule has 0 aromatic heterocycles. The van der Waals surface area contributed by atoms with E-state index in [9.17, 15) is 9.18 Å². The largest absolute Gasteiger partial charge is 0.494 e. The Hall–Kier alpha value is -1.62. The lowest BCUT2D eigenvalue weighted by Gasteiger charge is -2.15. The van der Waals surface area contributed by atoms with E-state index < -0.39 is 5.82 Å². The fourth-order valence-corrected chi connectivity index (χ4v) is 1.46. The Labute approximate surface area is 99.9 Å². The van der Waals surface area contributed by atoms with Crippen LogP contribution in [0.4, 0.5) is 4.39 Å². The number of methoxy groups -OCH3 is 2. The van der Waals surface area contributed by atoms with Crippen LogP contribution in [0.25, 0.3) is 0 Å². The van der Waals surface area contributed by atoms with Gasteiger partial charge in [-0.3, -0.25) is 9.69 Å². The molecule has 1 aromatic rings. The van der Waals surface area contributed by atoms with Crippen LogP contribution in [0.3, 0.4) is 0 Å². The summed E-state index contributed by atoms with van der Waals surface area (Å²) in [7, 11) is 4.52. The van der Waals surface area contributed by atoms with E-state index in [0.717, 1.165) is 5.56 Å². The van der Waals surface area contributed by atoms with Crippen LogP contribution >= 0.6 is 0 Å². The molecule has 0 saturated carbocycles. The van der Waals surface area contributed by atoms with E-state index in [4.69, 9.17) is 4.74 Å². The highest BCUT2D eigenvalue weighted by Crippen LogP contribution is 2.18. The average molecular weight is 241 g/mol. The second kappa shape index (κ2) is 6.20. The summed E-state index contributed by atoms with van der Waals surface area (Å²) in [5, 5.41) is 0. The molecule has 0 saturated heterocycles. The topological polar surface area (TPSA) is 38.8 Å². The van der Waals surface area contributed by atoms with E-state index >= 15 is 0 Å². The number of nitrogens with zero attached hydrogens (tertiary/aromatic N) is 1. The highest BCUT2D eigenvalue weighted by molar-refractivity contribution is 5.71. The van der Waals surface area contributed by atoms with E-state index in [0.29, 0.717) is 6.54 Å². The molecular formula is C12H16FNO3. The van der Waals surface area contributed by atoms with Gasteiger partial charge in [0.2, 0.25) is 0 Å². The minimum atomic E-state index is -0.406. The van der Waals surface area contributed by atoms with E-state index in [1.165, 1.54) is 20.3 Å². The van der Waals surface area contributed by atoms with Crippen LogP contribution in [-0.2, 0) is 16.1 Å². The fourth-order valence-electron chi connectivity index (χ4n) is 1.46. The van der Waals surface area contributed by atoms with Crippen LogP contribution in [0.2, 0.25) is 0 Å². The summed E-state index contributed by atoms with van der Waals surface area (Å²) < 4.78 is 22.8. The summed E-state index contributed by atoms with van der Waals surface area (Å²) in [5.41, 5.74) is 0.773. The van der Waals surface area contributed by atoms with E-state index in [-0.39, 0.29) is 18.3 Å². The molecule has 0 spiro atoms. The fraction of sp³-hybridized carbons (Fsp3) is 0.417. The van der Waals surface area contributed by atoms with Crippen LogP contribution in [0.5, 0.6) is 5.75 Å². The standard InChI is InChI=1S/C12H16FNO3/c1-14(8-12(15)17-3)7-9-4-5-11(16-2)10(13)6-9/h4-6H,7-8H2,1-3H3. The van der Waals surface area contributed by atoms with Gasteiger partial charge in [0.1, 0.15) is 0 Å². The van der Waals surface area contributed by atoms with Crippen molar-refractivity contribution in [3.05, 3.63) is 29.6 Å². The summed E-state index contributed by atoms with van der Waals surface area (Å²) in [6.07, 6.45) is 0. The minimum Gasteiger partial charge on any atom is -0.494 e. The monoisotopic (exact) mass is 241 g/mol. The smallest absolute Gasteiger partial charge is 0.319 e. The van der Waals surface area contributed by atoms with Gasteiger partial charge in [-0.2, -0.15) is 0 Å². The molecular weight excluding hydrogens is 225 g/mol. The summed E-state index contributed by atoms with van der Waals surface area (Å²) in [6, 6.07) is 4.72. The Bertz CT molecular complexity index is 395. The lowest BCUT2D eigenvalue weighted by molar-refractivity contribution is -0.141. The molecule has 0 N–H and O–H groups in total. The van der Waals surface area contributed by atoms with Gasteiger partial charge in [-0.1, -0.05) is 6.07 Å². The third-order valence-corrected chi connectivity index (χ3v) is 2.30. The van der Waals surface area contributed by atoms with Crippen molar-refractivity contribution < 1.29 is 18.7 Å². The molecule has 0 aliphatic rings. The number of carbonyl (C=O) groups is 1. The number of ether oxygens (including phenoxy) is 2. The Morgan fingerprint density at radius 2 is 2.12 bits per heavy atom. The molecule has 0 fully saturated rings.